The van der Waals surface area contributed by atoms with Gasteiger partial charge < -0.3 is 20.7 Å². The number of amides is 3. The number of carbonyl (C=O) groups excluding carboxylic acids is 3. The lowest BCUT2D eigenvalue weighted by molar-refractivity contribution is -0.124. The number of fused-ring (bicyclic) bond motifs is 1. The monoisotopic (exact) mass is 463 g/mol. The highest BCUT2D eigenvalue weighted by atomic mass is 35.5. The van der Waals surface area contributed by atoms with Crippen LogP contribution >= 0.6 is 11.6 Å². The summed E-state index contributed by atoms with van der Waals surface area (Å²) in [5, 5.41) is 7.78. The maximum atomic E-state index is 14.6. The molecule has 0 unspecified atom stereocenters. The minimum Gasteiger partial charge on any atom is -0.444 e. The van der Waals surface area contributed by atoms with E-state index < -0.39 is 35.8 Å². The Morgan fingerprint density at radius 2 is 1.88 bits per heavy atom. The van der Waals surface area contributed by atoms with E-state index in [-0.39, 0.29) is 35.0 Å². The quantitative estimate of drug-likeness (QED) is 0.641. The van der Waals surface area contributed by atoms with Gasteiger partial charge in [-0.1, -0.05) is 11.6 Å². The lowest BCUT2D eigenvalue weighted by Gasteiger charge is -2.24. The highest BCUT2D eigenvalue weighted by Crippen LogP contribution is 2.36. The van der Waals surface area contributed by atoms with Crippen LogP contribution in [0.5, 0.6) is 0 Å². The van der Waals surface area contributed by atoms with Crippen LogP contribution < -0.4 is 16.0 Å². The second-order valence-electron chi connectivity index (χ2n) is 7.68. The van der Waals surface area contributed by atoms with E-state index in [0.717, 1.165) is 6.07 Å². The highest BCUT2D eigenvalue weighted by Gasteiger charge is 2.32. The molecule has 0 saturated carbocycles. The van der Waals surface area contributed by atoms with Crippen LogP contribution in [0.4, 0.5) is 19.3 Å². The average Bonchev–Trinajstić information content (AvgIpc) is 3.17. The number of benzene rings is 2. The van der Waals surface area contributed by atoms with Crippen LogP contribution in [-0.4, -0.2) is 30.6 Å². The van der Waals surface area contributed by atoms with Gasteiger partial charge in [0.05, 0.1) is 17.6 Å². The molecule has 1 aliphatic heterocycles. The number of rotatable bonds is 4. The van der Waals surface area contributed by atoms with Crippen molar-refractivity contribution in [1.29, 1.82) is 0 Å². The van der Waals surface area contributed by atoms with Crippen molar-refractivity contribution in [1.82, 2.24) is 10.6 Å². The first-order valence-electron chi connectivity index (χ1n) is 10.1. The molecule has 2 aromatic rings. The van der Waals surface area contributed by atoms with Crippen LogP contribution in [0.15, 0.2) is 30.3 Å². The molecule has 4 rings (SSSR count). The molecule has 32 heavy (non-hydrogen) atoms. The number of anilines is 1. The van der Waals surface area contributed by atoms with Crippen LogP contribution in [0.2, 0.25) is 5.02 Å². The van der Waals surface area contributed by atoms with Crippen molar-refractivity contribution in [2.75, 3.05) is 11.9 Å². The molecule has 0 spiro atoms. The average molecular weight is 464 g/mol. The van der Waals surface area contributed by atoms with Crippen molar-refractivity contribution in [2.24, 2.45) is 0 Å². The maximum absolute atomic E-state index is 14.6. The van der Waals surface area contributed by atoms with E-state index in [9.17, 15) is 23.2 Å². The Morgan fingerprint density at radius 3 is 2.59 bits per heavy atom. The van der Waals surface area contributed by atoms with Crippen LogP contribution in [0.3, 0.4) is 0 Å². The van der Waals surface area contributed by atoms with E-state index in [1.54, 1.807) is 0 Å². The molecule has 0 radical (unpaired) electrons. The second kappa shape index (κ2) is 9.12. The van der Waals surface area contributed by atoms with Gasteiger partial charge in [-0.25, -0.2) is 13.6 Å². The first-order chi connectivity index (χ1) is 15.3. The summed E-state index contributed by atoms with van der Waals surface area (Å²) in [6.45, 7) is 0.236. The SMILES string of the molecule is O=C1CC[C@@H](OC(=O)N[C@H]2CCc3c(C(=O)Nc4ccc(F)c(Cl)c4)ccc(F)c32)CN1. The number of halogens is 3. The Balaban J connectivity index is 1.47. The molecule has 168 valence electrons. The van der Waals surface area contributed by atoms with Crippen LogP contribution in [-0.2, 0) is 16.0 Å². The summed E-state index contributed by atoms with van der Waals surface area (Å²) >= 11 is 5.75. The molecule has 10 heteroatoms. The largest absolute Gasteiger partial charge is 0.444 e. The third kappa shape index (κ3) is 4.67. The molecule has 3 N–H and O–H groups in total. The number of piperidine rings is 1. The van der Waals surface area contributed by atoms with Crippen molar-refractivity contribution in [3.63, 3.8) is 0 Å². The number of alkyl carbamates (subject to hydrolysis) is 1. The third-order valence-electron chi connectivity index (χ3n) is 5.54. The van der Waals surface area contributed by atoms with Crippen molar-refractivity contribution in [3.05, 3.63) is 63.7 Å². The summed E-state index contributed by atoms with van der Waals surface area (Å²) in [5.74, 6) is -1.73. The summed E-state index contributed by atoms with van der Waals surface area (Å²) in [7, 11) is 0. The lowest BCUT2D eigenvalue weighted by Crippen LogP contribution is -2.42. The molecular formula is C22H20ClF2N3O4. The minimum absolute atomic E-state index is 0.0919. The summed E-state index contributed by atoms with van der Waals surface area (Å²) in [4.78, 5) is 36.3. The Labute approximate surface area is 187 Å². The fourth-order valence-electron chi connectivity index (χ4n) is 3.98. The van der Waals surface area contributed by atoms with Gasteiger partial charge in [-0.3, -0.25) is 9.59 Å². The molecule has 7 nitrogen and oxygen atoms in total. The molecular weight excluding hydrogens is 444 g/mol. The Morgan fingerprint density at radius 1 is 1.09 bits per heavy atom. The molecule has 1 heterocycles. The van der Waals surface area contributed by atoms with Gasteiger partial charge in [0.25, 0.3) is 5.91 Å². The van der Waals surface area contributed by atoms with E-state index in [2.05, 4.69) is 16.0 Å². The summed E-state index contributed by atoms with van der Waals surface area (Å²) in [6, 6.07) is 5.69. The first-order valence-corrected chi connectivity index (χ1v) is 10.5. The van der Waals surface area contributed by atoms with Gasteiger partial charge in [0, 0.05) is 23.2 Å². The summed E-state index contributed by atoms with van der Waals surface area (Å²) in [6.07, 6.45) is 0.320. The zero-order valence-electron chi connectivity index (χ0n) is 16.8. The van der Waals surface area contributed by atoms with Gasteiger partial charge >= 0.3 is 6.09 Å². The van der Waals surface area contributed by atoms with Crippen molar-refractivity contribution in [3.8, 4) is 0 Å². The van der Waals surface area contributed by atoms with Gasteiger partial charge in [0.1, 0.15) is 17.7 Å². The standard InChI is InChI=1S/C22H20ClF2N3O4/c23-15-9-11(1-5-16(15)24)27-21(30)14-3-6-17(25)20-13(14)4-7-18(20)28-22(31)32-12-2-8-19(29)26-10-12/h1,3,5-6,9,12,18H,2,4,7-8,10H2,(H,26,29)(H,27,30)(H,28,31)/t12-,18+/m1/s1. The smallest absolute Gasteiger partial charge is 0.407 e. The Hall–Kier alpha value is -3.20. The predicted molar refractivity (Wildman–Crippen MR) is 112 cm³/mol. The van der Waals surface area contributed by atoms with Gasteiger partial charge in [-0.15, -0.1) is 0 Å². The van der Waals surface area contributed by atoms with Crippen LogP contribution in [0.25, 0.3) is 0 Å². The molecule has 2 aliphatic rings. The van der Waals surface area contributed by atoms with E-state index in [1.807, 2.05) is 0 Å². The Kier molecular flexibility index (Phi) is 6.27. The lowest BCUT2D eigenvalue weighted by atomic mass is 10.0. The topological polar surface area (TPSA) is 96.5 Å². The van der Waals surface area contributed by atoms with Gasteiger partial charge in [0.2, 0.25) is 5.91 Å². The van der Waals surface area contributed by atoms with E-state index >= 15 is 0 Å². The Bertz CT molecular complexity index is 1090. The fraction of sp³-hybridized carbons (Fsp3) is 0.318. The number of hydrogen-bond donors (Lipinski definition) is 3. The highest BCUT2D eigenvalue weighted by molar-refractivity contribution is 6.31. The first kappa shape index (κ1) is 22.0. The van der Waals surface area contributed by atoms with Gasteiger partial charge in [0.15, 0.2) is 0 Å². The molecule has 2 aromatic carbocycles. The molecule has 2 atom stereocenters. The number of hydrogen-bond acceptors (Lipinski definition) is 4. The van der Waals surface area contributed by atoms with Gasteiger partial charge in [-0.05, 0) is 55.2 Å². The van der Waals surface area contributed by atoms with E-state index in [4.69, 9.17) is 16.3 Å². The summed E-state index contributed by atoms with van der Waals surface area (Å²) in [5.41, 5.74) is 1.29. The molecule has 1 saturated heterocycles. The van der Waals surface area contributed by atoms with Crippen molar-refractivity contribution in [2.45, 2.75) is 37.8 Å². The molecule has 0 aromatic heterocycles. The van der Waals surface area contributed by atoms with Crippen LogP contribution in [0, 0.1) is 11.6 Å². The molecule has 1 fully saturated rings. The van der Waals surface area contributed by atoms with Crippen molar-refractivity contribution >= 4 is 35.2 Å². The van der Waals surface area contributed by atoms with Gasteiger partial charge in [-0.2, -0.15) is 0 Å². The van der Waals surface area contributed by atoms with E-state index in [1.165, 1.54) is 24.3 Å². The molecule has 1 aliphatic carbocycles. The number of nitrogens with one attached hydrogen (secondary N) is 3. The number of carbonyl (C=O) groups is 3. The summed E-state index contributed by atoms with van der Waals surface area (Å²) < 4.78 is 33.3. The predicted octanol–water partition coefficient (Wildman–Crippen LogP) is 3.86. The zero-order chi connectivity index (χ0) is 22.8. The normalized spacial score (nSPS) is 19.7. The van der Waals surface area contributed by atoms with Crippen LogP contribution in [0.1, 0.15) is 46.8 Å². The second-order valence-corrected chi connectivity index (χ2v) is 8.08. The molecule has 0 bridgehead atoms. The molecule has 3 amide bonds. The maximum Gasteiger partial charge on any atom is 0.407 e. The number of ether oxygens (including phenoxy) is 1. The van der Waals surface area contributed by atoms with E-state index in [0.29, 0.717) is 30.5 Å². The minimum atomic E-state index is -0.709. The third-order valence-corrected chi connectivity index (χ3v) is 5.83. The van der Waals surface area contributed by atoms with Crippen molar-refractivity contribution < 1.29 is 27.9 Å². The zero-order valence-corrected chi connectivity index (χ0v) is 17.6. The fourth-order valence-corrected chi connectivity index (χ4v) is 4.16.